The average Bonchev–Trinajstić information content (AvgIpc) is 2.50. The number of nitrogens with one attached hydrogen (secondary N) is 1. The van der Waals surface area contributed by atoms with Crippen molar-refractivity contribution in [2.24, 2.45) is 0 Å². The molecule has 1 saturated heterocycles. The fraction of sp³-hybridized carbons (Fsp3) is 0.471. The summed E-state index contributed by atoms with van der Waals surface area (Å²) in [6, 6.07) is 10.4. The Hall–Kier alpha value is -2.01. The van der Waals surface area contributed by atoms with E-state index in [1.165, 1.54) is 25.1 Å². The molecule has 5 heteroatoms. The van der Waals surface area contributed by atoms with E-state index in [1.54, 1.807) is 0 Å². The summed E-state index contributed by atoms with van der Waals surface area (Å²) in [5.74, 6) is 1.74. The number of hydrogen-bond donors (Lipinski definition) is 1. The maximum atomic E-state index is 4.56. The monoisotopic (exact) mass is 297 g/mol. The van der Waals surface area contributed by atoms with E-state index in [9.17, 15) is 0 Å². The van der Waals surface area contributed by atoms with Gasteiger partial charge in [-0.25, -0.2) is 4.98 Å². The Bertz CT molecular complexity index is 610. The van der Waals surface area contributed by atoms with Gasteiger partial charge in [0.2, 0.25) is 0 Å². The number of anilines is 1. The first-order valence-corrected chi connectivity index (χ1v) is 7.96. The number of aromatic nitrogens is 3. The van der Waals surface area contributed by atoms with Crippen LogP contribution >= 0.6 is 0 Å². The van der Waals surface area contributed by atoms with Crippen LogP contribution in [0.3, 0.4) is 0 Å². The van der Waals surface area contributed by atoms with Crippen LogP contribution in [0.1, 0.15) is 36.3 Å². The lowest BCUT2D eigenvalue weighted by molar-refractivity contribution is 0.189. The van der Waals surface area contributed by atoms with Gasteiger partial charge in [0.1, 0.15) is 11.5 Å². The molecule has 22 heavy (non-hydrogen) atoms. The lowest BCUT2D eigenvalue weighted by Gasteiger charge is -2.30. The minimum absolute atomic E-state index is 0.174. The molecule has 0 bridgehead atoms. The van der Waals surface area contributed by atoms with Crippen LogP contribution in [0.4, 0.5) is 5.82 Å². The van der Waals surface area contributed by atoms with Gasteiger partial charge in [-0.2, -0.15) is 0 Å². The number of hydrogen-bond acceptors (Lipinski definition) is 5. The zero-order valence-corrected chi connectivity index (χ0v) is 13.3. The molecule has 1 aromatic carbocycles. The highest BCUT2D eigenvalue weighted by Crippen LogP contribution is 2.26. The van der Waals surface area contributed by atoms with Crippen molar-refractivity contribution >= 4 is 5.82 Å². The van der Waals surface area contributed by atoms with E-state index in [-0.39, 0.29) is 5.92 Å². The van der Waals surface area contributed by atoms with Gasteiger partial charge >= 0.3 is 0 Å². The van der Waals surface area contributed by atoms with Crippen molar-refractivity contribution in [1.29, 1.82) is 0 Å². The molecular formula is C17H23N5. The van der Waals surface area contributed by atoms with Crippen LogP contribution in [0.2, 0.25) is 0 Å². The predicted molar refractivity (Wildman–Crippen MR) is 88.1 cm³/mol. The summed E-state index contributed by atoms with van der Waals surface area (Å²) in [4.78, 5) is 7.00. The molecule has 1 atom stereocenters. The molecule has 1 N–H and O–H groups in total. The van der Waals surface area contributed by atoms with Gasteiger partial charge in [0, 0.05) is 19.0 Å². The number of nitrogens with zero attached hydrogens (tertiary/aromatic N) is 4. The van der Waals surface area contributed by atoms with Crippen molar-refractivity contribution in [3.63, 3.8) is 0 Å². The van der Waals surface area contributed by atoms with Crippen molar-refractivity contribution in [2.45, 2.75) is 26.2 Å². The fourth-order valence-corrected chi connectivity index (χ4v) is 2.67. The Balaban J connectivity index is 1.74. The summed E-state index contributed by atoms with van der Waals surface area (Å²) in [6.07, 6.45) is 1.32. The molecule has 0 radical (unpaired) electrons. The van der Waals surface area contributed by atoms with Gasteiger partial charge < -0.3 is 10.2 Å². The molecule has 1 aromatic heterocycles. The third kappa shape index (κ3) is 3.42. The van der Waals surface area contributed by atoms with E-state index in [2.05, 4.69) is 56.6 Å². The zero-order chi connectivity index (χ0) is 15.4. The molecule has 1 aliphatic rings. The van der Waals surface area contributed by atoms with Gasteiger partial charge in [-0.05, 0) is 32.0 Å². The largest absolute Gasteiger partial charge is 0.367 e. The summed E-state index contributed by atoms with van der Waals surface area (Å²) < 4.78 is 0. The third-order valence-electron chi connectivity index (χ3n) is 4.20. The minimum Gasteiger partial charge on any atom is -0.367 e. The smallest absolute Gasteiger partial charge is 0.152 e. The summed E-state index contributed by atoms with van der Waals surface area (Å²) in [5.41, 5.74) is 2.15. The average molecular weight is 297 g/mol. The topological polar surface area (TPSA) is 53.9 Å². The summed E-state index contributed by atoms with van der Waals surface area (Å²) in [5, 5.41) is 12.0. The first kappa shape index (κ1) is 14.9. The molecule has 0 spiro atoms. The Kier molecular flexibility index (Phi) is 4.63. The molecule has 1 unspecified atom stereocenters. The number of benzene rings is 1. The molecule has 2 aromatic rings. The van der Waals surface area contributed by atoms with Gasteiger partial charge in [0.05, 0.1) is 0 Å². The van der Waals surface area contributed by atoms with Crippen LogP contribution in [0.5, 0.6) is 0 Å². The van der Waals surface area contributed by atoms with Crippen LogP contribution in [0.25, 0.3) is 0 Å². The maximum absolute atomic E-state index is 4.56. The van der Waals surface area contributed by atoms with Crippen LogP contribution < -0.4 is 5.32 Å². The van der Waals surface area contributed by atoms with E-state index in [0.29, 0.717) is 5.82 Å². The highest BCUT2D eigenvalue weighted by atomic mass is 15.2. The van der Waals surface area contributed by atoms with E-state index < -0.39 is 0 Å². The Morgan fingerprint density at radius 3 is 2.64 bits per heavy atom. The van der Waals surface area contributed by atoms with Crippen LogP contribution in [0, 0.1) is 6.92 Å². The highest BCUT2D eigenvalue weighted by molar-refractivity contribution is 5.45. The number of rotatable bonds is 6. The van der Waals surface area contributed by atoms with Crippen molar-refractivity contribution in [2.75, 3.05) is 31.5 Å². The lowest BCUT2D eigenvalue weighted by Crippen LogP contribution is -2.40. The zero-order valence-electron chi connectivity index (χ0n) is 13.3. The first-order valence-electron chi connectivity index (χ1n) is 7.96. The first-order chi connectivity index (χ1) is 10.7. The van der Waals surface area contributed by atoms with Crippen molar-refractivity contribution in [3.05, 3.63) is 47.4 Å². The summed E-state index contributed by atoms with van der Waals surface area (Å²) >= 11 is 0. The van der Waals surface area contributed by atoms with Crippen molar-refractivity contribution in [3.8, 4) is 0 Å². The highest BCUT2D eigenvalue weighted by Gasteiger charge is 2.18. The quantitative estimate of drug-likeness (QED) is 0.887. The molecule has 5 nitrogen and oxygen atoms in total. The Morgan fingerprint density at radius 1 is 1.18 bits per heavy atom. The van der Waals surface area contributed by atoms with E-state index in [0.717, 1.165) is 24.6 Å². The molecule has 0 amide bonds. The third-order valence-corrected chi connectivity index (χ3v) is 4.20. The van der Waals surface area contributed by atoms with Gasteiger partial charge in [0.15, 0.2) is 5.82 Å². The van der Waals surface area contributed by atoms with Crippen molar-refractivity contribution < 1.29 is 0 Å². The summed E-state index contributed by atoms with van der Waals surface area (Å²) in [7, 11) is 0. The predicted octanol–water partition coefficient (Wildman–Crippen LogP) is 2.45. The number of aryl methyl sites for hydroxylation is 1. The van der Waals surface area contributed by atoms with Gasteiger partial charge in [-0.15, -0.1) is 10.2 Å². The van der Waals surface area contributed by atoms with Crippen LogP contribution in [0.15, 0.2) is 30.3 Å². The van der Waals surface area contributed by atoms with Gasteiger partial charge in [-0.3, -0.25) is 0 Å². The molecule has 1 fully saturated rings. The second-order valence-electron chi connectivity index (χ2n) is 5.85. The van der Waals surface area contributed by atoms with Crippen molar-refractivity contribution in [1.82, 2.24) is 20.1 Å². The molecule has 2 heterocycles. The van der Waals surface area contributed by atoms with Crippen LogP contribution in [-0.2, 0) is 0 Å². The Labute approximate surface area is 131 Å². The molecule has 116 valence electrons. The van der Waals surface area contributed by atoms with Gasteiger partial charge in [0.25, 0.3) is 0 Å². The molecule has 0 saturated carbocycles. The van der Waals surface area contributed by atoms with E-state index in [4.69, 9.17) is 0 Å². The standard InChI is InChI=1S/C17H23N5/c1-13(15-7-4-3-5-8-15)16-17(19-14(2)20-21-16)18-9-12-22-10-6-11-22/h3-5,7-8,13H,6,9-12H2,1-2H3,(H,18,19,20). The van der Waals surface area contributed by atoms with Gasteiger partial charge in [-0.1, -0.05) is 37.3 Å². The SMILES string of the molecule is Cc1nnc(C(C)c2ccccc2)c(NCCN2CCC2)n1. The maximum Gasteiger partial charge on any atom is 0.152 e. The summed E-state index contributed by atoms with van der Waals surface area (Å²) in [6.45, 7) is 8.42. The second-order valence-corrected chi connectivity index (χ2v) is 5.85. The van der Waals surface area contributed by atoms with E-state index >= 15 is 0 Å². The Morgan fingerprint density at radius 2 is 1.95 bits per heavy atom. The molecular weight excluding hydrogens is 274 g/mol. The molecule has 1 aliphatic heterocycles. The van der Waals surface area contributed by atoms with E-state index in [1.807, 2.05) is 13.0 Å². The minimum atomic E-state index is 0.174. The molecule has 0 aliphatic carbocycles. The fourth-order valence-electron chi connectivity index (χ4n) is 2.67. The van der Waals surface area contributed by atoms with Crippen LogP contribution in [-0.4, -0.2) is 46.3 Å². The molecule has 3 rings (SSSR count). The normalized spacial score (nSPS) is 16.1. The number of likely N-dealkylation sites (tertiary alicyclic amines) is 1. The lowest BCUT2D eigenvalue weighted by atomic mass is 9.97. The second kappa shape index (κ2) is 6.83.